The number of nitrogens with one attached hydrogen (secondary N) is 3. The molecule has 1 aliphatic carbocycles. The van der Waals surface area contributed by atoms with E-state index in [0.717, 1.165) is 19.3 Å². The molecule has 152 valence electrons. The van der Waals surface area contributed by atoms with Crippen molar-refractivity contribution in [2.45, 2.75) is 44.8 Å². The van der Waals surface area contributed by atoms with E-state index in [0.29, 0.717) is 31.7 Å². The summed E-state index contributed by atoms with van der Waals surface area (Å²) in [6, 6.07) is -0.228. The first-order chi connectivity index (χ1) is 13.2. The van der Waals surface area contributed by atoms with Crippen LogP contribution in [0.1, 0.15) is 43.0 Å². The number of H-pyrrole nitrogens is 1. The minimum atomic E-state index is -0.228. The zero-order valence-corrected chi connectivity index (χ0v) is 15.8. The SMILES string of the molecule is CCCO[C@@H]1CC[C@H](C(=O)NCCOCCO)C[C@H]1NC(=O)c1cn[nH]c1. The second-order valence-corrected chi connectivity index (χ2v) is 6.61. The third kappa shape index (κ3) is 6.93. The number of rotatable bonds is 11. The minimum absolute atomic E-state index is 0.0340. The predicted octanol–water partition coefficient (Wildman–Crippen LogP) is 0.229. The highest BCUT2D eigenvalue weighted by atomic mass is 16.5. The van der Waals surface area contributed by atoms with Gasteiger partial charge in [-0.1, -0.05) is 6.92 Å². The van der Waals surface area contributed by atoms with E-state index in [1.807, 2.05) is 6.92 Å². The summed E-state index contributed by atoms with van der Waals surface area (Å²) in [5.74, 6) is -0.449. The van der Waals surface area contributed by atoms with Gasteiger partial charge in [0.05, 0.1) is 43.7 Å². The number of aliphatic hydroxyl groups is 1. The van der Waals surface area contributed by atoms with Crippen LogP contribution in [0.4, 0.5) is 0 Å². The standard InChI is InChI=1S/C18H30N4O5/c1-2-7-27-16-4-3-13(17(24)19-5-8-26-9-6-23)10-15(16)22-18(25)14-11-20-21-12-14/h11-13,15-16,23H,2-10H2,1H3,(H,19,24)(H,20,21)(H,22,25)/t13-,15+,16+/m0/s1. The van der Waals surface area contributed by atoms with Crippen LogP contribution in [-0.2, 0) is 14.3 Å². The van der Waals surface area contributed by atoms with Crippen molar-refractivity contribution in [3.05, 3.63) is 18.0 Å². The highest BCUT2D eigenvalue weighted by molar-refractivity contribution is 5.93. The highest BCUT2D eigenvalue weighted by Gasteiger charge is 2.35. The zero-order valence-electron chi connectivity index (χ0n) is 15.8. The number of aromatic amines is 1. The molecule has 3 atom stereocenters. The number of aromatic nitrogens is 2. The monoisotopic (exact) mass is 382 g/mol. The van der Waals surface area contributed by atoms with Gasteiger partial charge in [0.15, 0.2) is 0 Å². The lowest BCUT2D eigenvalue weighted by Crippen LogP contribution is -2.50. The van der Waals surface area contributed by atoms with Crippen molar-refractivity contribution < 1.29 is 24.2 Å². The lowest BCUT2D eigenvalue weighted by Gasteiger charge is -2.35. The summed E-state index contributed by atoms with van der Waals surface area (Å²) in [7, 11) is 0. The van der Waals surface area contributed by atoms with Crippen LogP contribution < -0.4 is 10.6 Å². The Morgan fingerprint density at radius 3 is 2.89 bits per heavy atom. The molecule has 0 saturated heterocycles. The van der Waals surface area contributed by atoms with Crippen LogP contribution in [0.15, 0.2) is 12.4 Å². The fourth-order valence-corrected chi connectivity index (χ4v) is 3.19. The molecular weight excluding hydrogens is 352 g/mol. The molecule has 1 saturated carbocycles. The van der Waals surface area contributed by atoms with E-state index in [4.69, 9.17) is 14.6 Å². The molecule has 0 aromatic carbocycles. The summed E-state index contributed by atoms with van der Waals surface area (Å²) in [5, 5.41) is 20.9. The van der Waals surface area contributed by atoms with Crippen LogP contribution in [0.3, 0.4) is 0 Å². The third-order valence-corrected chi connectivity index (χ3v) is 4.55. The van der Waals surface area contributed by atoms with Gasteiger partial charge < -0.3 is 25.2 Å². The van der Waals surface area contributed by atoms with Gasteiger partial charge in [0.25, 0.3) is 5.91 Å². The number of hydrogen-bond donors (Lipinski definition) is 4. The zero-order chi connectivity index (χ0) is 19.5. The Kier molecular flexibility index (Phi) is 9.23. The fourth-order valence-electron chi connectivity index (χ4n) is 3.19. The summed E-state index contributed by atoms with van der Waals surface area (Å²) >= 11 is 0. The average Bonchev–Trinajstić information content (AvgIpc) is 3.21. The van der Waals surface area contributed by atoms with Crippen molar-refractivity contribution in [2.75, 3.05) is 33.0 Å². The lowest BCUT2D eigenvalue weighted by atomic mass is 9.83. The Bertz CT molecular complexity index is 566. The molecule has 27 heavy (non-hydrogen) atoms. The molecule has 9 nitrogen and oxygen atoms in total. The predicted molar refractivity (Wildman–Crippen MR) is 98.1 cm³/mol. The van der Waals surface area contributed by atoms with Crippen LogP contribution in [0.2, 0.25) is 0 Å². The smallest absolute Gasteiger partial charge is 0.254 e. The third-order valence-electron chi connectivity index (χ3n) is 4.55. The number of hydrogen-bond acceptors (Lipinski definition) is 6. The molecule has 0 spiro atoms. The van der Waals surface area contributed by atoms with Crippen molar-refractivity contribution in [3.8, 4) is 0 Å². The Balaban J connectivity index is 1.88. The molecule has 1 aromatic rings. The largest absolute Gasteiger partial charge is 0.394 e. The van der Waals surface area contributed by atoms with E-state index in [2.05, 4.69) is 20.8 Å². The van der Waals surface area contributed by atoms with E-state index in [9.17, 15) is 9.59 Å². The Hall–Kier alpha value is -1.97. The van der Waals surface area contributed by atoms with Gasteiger partial charge in [-0.05, 0) is 25.7 Å². The molecule has 2 amide bonds. The van der Waals surface area contributed by atoms with Gasteiger partial charge in [0.2, 0.25) is 5.91 Å². The second-order valence-electron chi connectivity index (χ2n) is 6.61. The van der Waals surface area contributed by atoms with Crippen LogP contribution in [0, 0.1) is 5.92 Å². The van der Waals surface area contributed by atoms with E-state index in [1.165, 1.54) is 12.4 Å². The van der Waals surface area contributed by atoms with Crippen LogP contribution in [-0.4, -0.2) is 72.2 Å². The Labute approximate surface area is 159 Å². The number of aliphatic hydroxyl groups excluding tert-OH is 1. The molecule has 0 aliphatic heterocycles. The van der Waals surface area contributed by atoms with Gasteiger partial charge in [0.1, 0.15) is 0 Å². The molecular formula is C18H30N4O5. The minimum Gasteiger partial charge on any atom is -0.394 e. The van der Waals surface area contributed by atoms with Gasteiger partial charge in [0, 0.05) is 25.3 Å². The quantitative estimate of drug-likeness (QED) is 0.406. The van der Waals surface area contributed by atoms with Crippen molar-refractivity contribution in [1.82, 2.24) is 20.8 Å². The van der Waals surface area contributed by atoms with E-state index < -0.39 is 0 Å². The molecule has 1 aromatic heterocycles. The topological polar surface area (TPSA) is 126 Å². The Morgan fingerprint density at radius 2 is 2.19 bits per heavy atom. The first kappa shape index (κ1) is 21.3. The fraction of sp³-hybridized carbons (Fsp3) is 0.722. The van der Waals surface area contributed by atoms with Crippen molar-refractivity contribution >= 4 is 11.8 Å². The molecule has 0 bridgehead atoms. The summed E-state index contributed by atoms with van der Waals surface area (Å²) < 4.78 is 11.0. The van der Waals surface area contributed by atoms with E-state index in [1.54, 1.807) is 0 Å². The maximum Gasteiger partial charge on any atom is 0.254 e. The number of carbonyl (C=O) groups excluding carboxylic acids is 2. The maximum absolute atomic E-state index is 12.4. The van der Waals surface area contributed by atoms with Crippen LogP contribution in [0.5, 0.6) is 0 Å². The summed E-state index contributed by atoms with van der Waals surface area (Å²) in [5.41, 5.74) is 0.455. The molecule has 1 aliphatic rings. The van der Waals surface area contributed by atoms with Crippen molar-refractivity contribution in [3.63, 3.8) is 0 Å². The molecule has 1 heterocycles. The number of amides is 2. The average molecular weight is 382 g/mol. The van der Waals surface area contributed by atoms with Gasteiger partial charge in [-0.25, -0.2) is 0 Å². The van der Waals surface area contributed by atoms with Gasteiger partial charge in [-0.3, -0.25) is 14.7 Å². The van der Waals surface area contributed by atoms with Gasteiger partial charge >= 0.3 is 0 Å². The van der Waals surface area contributed by atoms with Gasteiger partial charge in [-0.2, -0.15) is 5.10 Å². The van der Waals surface area contributed by atoms with Crippen molar-refractivity contribution in [2.24, 2.45) is 5.92 Å². The van der Waals surface area contributed by atoms with Crippen LogP contribution in [0.25, 0.3) is 0 Å². The number of nitrogens with zero attached hydrogens (tertiary/aromatic N) is 1. The summed E-state index contributed by atoms with van der Waals surface area (Å²) in [6.45, 7) is 3.66. The second kappa shape index (κ2) is 11.7. The normalized spacial score (nSPS) is 22.4. The van der Waals surface area contributed by atoms with E-state index >= 15 is 0 Å². The molecule has 9 heteroatoms. The Morgan fingerprint density at radius 1 is 1.33 bits per heavy atom. The van der Waals surface area contributed by atoms with Crippen molar-refractivity contribution in [1.29, 1.82) is 0 Å². The van der Waals surface area contributed by atoms with Gasteiger partial charge in [-0.15, -0.1) is 0 Å². The first-order valence-electron chi connectivity index (χ1n) is 9.53. The molecule has 0 unspecified atom stereocenters. The van der Waals surface area contributed by atoms with E-state index in [-0.39, 0.29) is 43.1 Å². The summed E-state index contributed by atoms with van der Waals surface area (Å²) in [6.07, 6.45) is 5.77. The van der Waals surface area contributed by atoms with Crippen LogP contribution >= 0.6 is 0 Å². The molecule has 4 N–H and O–H groups in total. The summed E-state index contributed by atoms with van der Waals surface area (Å²) in [4.78, 5) is 24.8. The first-order valence-corrected chi connectivity index (χ1v) is 9.53. The number of ether oxygens (including phenoxy) is 2. The maximum atomic E-state index is 12.4. The number of carbonyl (C=O) groups is 2. The molecule has 0 radical (unpaired) electrons. The molecule has 2 rings (SSSR count). The lowest BCUT2D eigenvalue weighted by molar-refractivity contribution is -0.127. The highest BCUT2D eigenvalue weighted by Crippen LogP contribution is 2.27. The molecule has 1 fully saturated rings.